The fourth-order valence-electron chi connectivity index (χ4n) is 1.87. The second-order valence-corrected chi connectivity index (χ2v) is 5.06. The average molecular weight is 261 g/mol. The molecule has 1 unspecified atom stereocenters. The van der Waals surface area contributed by atoms with E-state index in [4.69, 9.17) is 4.74 Å². The van der Waals surface area contributed by atoms with Crippen molar-refractivity contribution in [2.75, 3.05) is 20.7 Å². The summed E-state index contributed by atoms with van der Waals surface area (Å²) in [4.78, 5) is 2.10. The van der Waals surface area contributed by atoms with Gasteiger partial charge < -0.3 is 4.74 Å². The summed E-state index contributed by atoms with van der Waals surface area (Å²) in [6.45, 7) is 3.06. The highest BCUT2D eigenvalue weighted by atomic mass is 16.5. The van der Waals surface area contributed by atoms with Crippen LogP contribution in [0.25, 0.3) is 6.08 Å². The summed E-state index contributed by atoms with van der Waals surface area (Å²) in [7, 11) is 4.10. The molecule has 0 N–H and O–H groups in total. The number of unbranched alkanes of at least 4 members (excludes halogenated alkanes) is 3. The molecule has 106 valence electrons. The van der Waals surface area contributed by atoms with Crippen molar-refractivity contribution in [1.82, 2.24) is 4.90 Å². The van der Waals surface area contributed by atoms with E-state index in [0.717, 1.165) is 13.0 Å². The summed E-state index contributed by atoms with van der Waals surface area (Å²) in [5.41, 5.74) is 1.21. The lowest BCUT2D eigenvalue weighted by Crippen LogP contribution is -2.29. The topological polar surface area (TPSA) is 12.5 Å². The highest BCUT2D eigenvalue weighted by Crippen LogP contribution is 2.07. The van der Waals surface area contributed by atoms with Crippen LogP contribution in [0.3, 0.4) is 0 Å². The van der Waals surface area contributed by atoms with Gasteiger partial charge in [0.2, 0.25) is 0 Å². The minimum Gasteiger partial charge on any atom is -0.359 e. The number of benzene rings is 1. The molecule has 1 atom stereocenters. The van der Waals surface area contributed by atoms with Crippen molar-refractivity contribution >= 4 is 6.08 Å². The Morgan fingerprint density at radius 1 is 1.11 bits per heavy atom. The molecule has 0 aliphatic heterocycles. The Labute approximate surface area is 118 Å². The third kappa shape index (κ3) is 7.14. The van der Waals surface area contributed by atoms with Crippen LogP contribution in [0.2, 0.25) is 0 Å². The van der Waals surface area contributed by atoms with Gasteiger partial charge in [-0.25, -0.2) is 0 Å². The molecule has 0 saturated carbocycles. The Kier molecular flexibility index (Phi) is 8.19. The van der Waals surface area contributed by atoms with Crippen molar-refractivity contribution in [3.63, 3.8) is 0 Å². The third-order valence-corrected chi connectivity index (χ3v) is 3.05. The molecular formula is C17H27NO. The van der Waals surface area contributed by atoms with Gasteiger partial charge in [0.1, 0.15) is 6.23 Å². The number of likely N-dealkylation sites (N-methyl/N-ethyl adjacent to an activating group) is 1. The molecule has 0 bridgehead atoms. The van der Waals surface area contributed by atoms with Crippen LogP contribution in [0, 0.1) is 0 Å². The van der Waals surface area contributed by atoms with Crippen LogP contribution < -0.4 is 0 Å². The molecule has 0 amide bonds. The van der Waals surface area contributed by atoms with Crippen LogP contribution in [0.4, 0.5) is 0 Å². The van der Waals surface area contributed by atoms with Gasteiger partial charge in [0.05, 0.1) is 0 Å². The number of nitrogens with zero attached hydrogens (tertiary/aromatic N) is 1. The fourth-order valence-corrected chi connectivity index (χ4v) is 1.87. The van der Waals surface area contributed by atoms with Crippen molar-refractivity contribution in [2.45, 2.75) is 38.8 Å². The molecule has 2 heteroatoms. The minimum absolute atomic E-state index is 0.0573. The Balaban J connectivity index is 2.38. The minimum atomic E-state index is 0.0573. The van der Waals surface area contributed by atoms with Gasteiger partial charge in [-0.2, -0.15) is 0 Å². The predicted octanol–water partition coefficient (Wildman–Crippen LogP) is 4.18. The van der Waals surface area contributed by atoms with Crippen LogP contribution >= 0.6 is 0 Å². The second kappa shape index (κ2) is 9.76. The van der Waals surface area contributed by atoms with Gasteiger partial charge >= 0.3 is 0 Å². The van der Waals surface area contributed by atoms with Crippen molar-refractivity contribution in [1.29, 1.82) is 0 Å². The second-order valence-electron chi connectivity index (χ2n) is 5.06. The van der Waals surface area contributed by atoms with Gasteiger partial charge in [-0.05, 0) is 32.2 Å². The lowest BCUT2D eigenvalue weighted by Gasteiger charge is -2.21. The van der Waals surface area contributed by atoms with Crippen molar-refractivity contribution in [3.05, 3.63) is 42.0 Å². The standard InChI is InChI=1S/C17H27NO/c1-4-5-6-10-15-19-17(18(2)3)14-13-16-11-8-7-9-12-16/h7-9,11-14,17H,4-6,10,15H2,1-3H3. The zero-order valence-electron chi connectivity index (χ0n) is 12.5. The monoisotopic (exact) mass is 261 g/mol. The van der Waals surface area contributed by atoms with Crippen LogP contribution in [-0.2, 0) is 4.74 Å². The summed E-state index contributed by atoms with van der Waals surface area (Å²) >= 11 is 0. The Morgan fingerprint density at radius 2 is 1.84 bits per heavy atom. The maximum atomic E-state index is 5.91. The van der Waals surface area contributed by atoms with E-state index in [1.165, 1.54) is 24.8 Å². The fraction of sp³-hybridized carbons (Fsp3) is 0.529. The number of hydrogen-bond acceptors (Lipinski definition) is 2. The normalized spacial score (nSPS) is 13.3. The van der Waals surface area contributed by atoms with Gasteiger partial charge in [-0.1, -0.05) is 62.6 Å². The molecule has 0 fully saturated rings. The summed E-state index contributed by atoms with van der Waals surface area (Å²) in [5.74, 6) is 0. The highest BCUT2D eigenvalue weighted by molar-refractivity contribution is 5.49. The Morgan fingerprint density at radius 3 is 2.47 bits per heavy atom. The summed E-state index contributed by atoms with van der Waals surface area (Å²) in [5, 5.41) is 0. The predicted molar refractivity (Wildman–Crippen MR) is 83.0 cm³/mol. The van der Waals surface area contributed by atoms with Crippen LogP contribution in [0.1, 0.15) is 38.2 Å². The first-order chi connectivity index (χ1) is 9.24. The molecular weight excluding hydrogens is 234 g/mol. The maximum absolute atomic E-state index is 5.91. The summed E-state index contributed by atoms with van der Waals surface area (Å²) in [6, 6.07) is 10.3. The van der Waals surface area contributed by atoms with Crippen LogP contribution in [-0.4, -0.2) is 31.8 Å². The zero-order chi connectivity index (χ0) is 13.9. The van der Waals surface area contributed by atoms with Crippen molar-refractivity contribution < 1.29 is 4.74 Å². The Bertz CT molecular complexity index is 346. The summed E-state index contributed by atoms with van der Waals surface area (Å²) in [6.07, 6.45) is 9.28. The molecule has 0 aromatic heterocycles. The smallest absolute Gasteiger partial charge is 0.129 e. The molecule has 1 rings (SSSR count). The van der Waals surface area contributed by atoms with Gasteiger partial charge in [0.25, 0.3) is 0 Å². The lowest BCUT2D eigenvalue weighted by molar-refractivity contribution is -0.00340. The van der Waals surface area contributed by atoms with E-state index in [1.807, 2.05) is 20.2 Å². The van der Waals surface area contributed by atoms with Crippen LogP contribution in [0.5, 0.6) is 0 Å². The van der Waals surface area contributed by atoms with E-state index in [2.05, 4.69) is 48.2 Å². The first kappa shape index (κ1) is 15.9. The molecule has 0 radical (unpaired) electrons. The third-order valence-electron chi connectivity index (χ3n) is 3.05. The largest absolute Gasteiger partial charge is 0.359 e. The van der Waals surface area contributed by atoms with E-state index in [0.29, 0.717) is 0 Å². The summed E-state index contributed by atoms with van der Waals surface area (Å²) < 4.78 is 5.91. The first-order valence-corrected chi connectivity index (χ1v) is 7.25. The number of rotatable bonds is 9. The van der Waals surface area contributed by atoms with Gasteiger partial charge in [0.15, 0.2) is 0 Å². The number of ether oxygens (including phenoxy) is 1. The quantitative estimate of drug-likeness (QED) is 0.488. The van der Waals surface area contributed by atoms with Gasteiger partial charge in [0, 0.05) is 6.61 Å². The SMILES string of the molecule is CCCCCCOC(C=Cc1ccccc1)N(C)C. The molecule has 1 aromatic rings. The van der Waals surface area contributed by atoms with E-state index < -0.39 is 0 Å². The highest BCUT2D eigenvalue weighted by Gasteiger charge is 2.06. The molecule has 0 saturated heterocycles. The molecule has 2 nitrogen and oxygen atoms in total. The Hall–Kier alpha value is -1.12. The molecule has 0 heterocycles. The molecule has 1 aromatic carbocycles. The molecule has 0 spiro atoms. The lowest BCUT2D eigenvalue weighted by atomic mass is 10.2. The first-order valence-electron chi connectivity index (χ1n) is 7.25. The number of hydrogen-bond donors (Lipinski definition) is 0. The molecule has 19 heavy (non-hydrogen) atoms. The van der Waals surface area contributed by atoms with Gasteiger partial charge in [-0.3, -0.25) is 4.90 Å². The van der Waals surface area contributed by atoms with Gasteiger partial charge in [-0.15, -0.1) is 0 Å². The zero-order valence-corrected chi connectivity index (χ0v) is 12.5. The molecule has 0 aliphatic rings. The maximum Gasteiger partial charge on any atom is 0.129 e. The average Bonchev–Trinajstić information content (AvgIpc) is 2.42. The van der Waals surface area contributed by atoms with E-state index in [1.54, 1.807) is 0 Å². The van der Waals surface area contributed by atoms with E-state index in [9.17, 15) is 0 Å². The van der Waals surface area contributed by atoms with E-state index >= 15 is 0 Å². The van der Waals surface area contributed by atoms with Crippen molar-refractivity contribution in [3.8, 4) is 0 Å². The van der Waals surface area contributed by atoms with E-state index in [-0.39, 0.29) is 6.23 Å². The van der Waals surface area contributed by atoms with Crippen molar-refractivity contribution in [2.24, 2.45) is 0 Å². The molecule has 0 aliphatic carbocycles. The van der Waals surface area contributed by atoms with Crippen LogP contribution in [0.15, 0.2) is 36.4 Å².